The number of amides is 4. The molecule has 0 spiro atoms. The van der Waals surface area contributed by atoms with Crippen molar-refractivity contribution in [2.75, 3.05) is 12.0 Å². The number of aryl methyl sites for hydroxylation is 1. The zero-order valence-corrected chi connectivity index (χ0v) is 20.3. The van der Waals surface area contributed by atoms with Crippen LogP contribution in [0, 0.1) is 13.8 Å². The maximum absolute atomic E-state index is 13.2. The number of carbonyl (C=O) groups excluding carboxylic acids is 3. The second-order valence-electron chi connectivity index (χ2n) is 7.41. The Balaban J connectivity index is 1.75. The SMILES string of the molecule is COc1ccc(N2C(=O)NC(=O)/C(=C/c3cc(C)n(-c4ccc(Br)cc4)c3C)C2=O)cc1Cl. The van der Waals surface area contributed by atoms with E-state index in [1.807, 2.05) is 48.7 Å². The molecule has 1 aromatic heterocycles. The first-order chi connectivity index (χ1) is 15.7. The zero-order chi connectivity index (χ0) is 23.9. The molecule has 7 nitrogen and oxygen atoms in total. The van der Waals surface area contributed by atoms with E-state index < -0.39 is 17.8 Å². The molecule has 0 saturated carbocycles. The van der Waals surface area contributed by atoms with Crippen LogP contribution in [-0.4, -0.2) is 29.5 Å². The van der Waals surface area contributed by atoms with Crippen molar-refractivity contribution in [2.45, 2.75) is 13.8 Å². The van der Waals surface area contributed by atoms with Gasteiger partial charge in [0.05, 0.1) is 17.8 Å². The van der Waals surface area contributed by atoms with Gasteiger partial charge >= 0.3 is 6.03 Å². The molecule has 1 aliphatic heterocycles. The topological polar surface area (TPSA) is 80.6 Å². The summed E-state index contributed by atoms with van der Waals surface area (Å²) in [4.78, 5) is 39.1. The Morgan fingerprint density at radius 2 is 1.67 bits per heavy atom. The van der Waals surface area contributed by atoms with E-state index in [0.29, 0.717) is 11.3 Å². The number of hydrogen-bond acceptors (Lipinski definition) is 4. The van der Waals surface area contributed by atoms with Gasteiger partial charge in [-0.3, -0.25) is 14.9 Å². The highest BCUT2D eigenvalue weighted by Crippen LogP contribution is 2.31. The number of rotatable bonds is 4. The molecule has 1 N–H and O–H groups in total. The predicted molar refractivity (Wildman–Crippen MR) is 130 cm³/mol. The molecule has 1 aliphatic rings. The number of imide groups is 2. The Morgan fingerprint density at radius 1 is 1.00 bits per heavy atom. The van der Waals surface area contributed by atoms with Gasteiger partial charge in [-0.15, -0.1) is 0 Å². The van der Waals surface area contributed by atoms with Gasteiger partial charge in [0, 0.05) is 21.5 Å². The lowest BCUT2D eigenvalue weighted by Gasteiger charge is -2.26. The lowest BCUT2D eigenvalue weighted by Crippen LogP contribution is -2.54. The Morgan fingerprint density at radius 3 is 2.30 bits per heavy atom. The fraction of sp³-hybridized carbons (Fsp3) is 0.125. The van der Waals surface area contributed by atoms with Crippen molar-refractivity contribution in [1.82, 2.24) is 9.88 Å². The Kier molecular flexibility index (Phi) is 6.14. The lowest BCUT2D eigenvalue weighted by atomic mass is 10.1. The standard InChI is InChI=1S/C24H19BrClN3O4/c1-13-10-15(14(2)28(13)17-6-4-16(25)5-7-17)11-19-22(30)27-24(32)29(23(19)31)18-8-9-21(33-3)20(26)12-18/h4-12H,1-3H3,(H,27,30,32)/b19-11-. The highest BCUT2D eigenvalue weighted by molar-refractivity contribution is 9.10. The summed E-state index contributed by atoms with van der Waals surface area (Å²) in [5.41, 5.74) is 3.48. The minimum atomic E-state index is -0.844. The maximum Gasteiger partial charge on any atom is 0.335 e. The van der Waals surface area contributed by atoms with Gasteiger partial charge in [-0.1, -0.05) is 27.5 Å². The van der Waals surface area contributed by atoms with Crippen molar-refractivity contribution >= 4 is 57.1 Å². The maximum atomic E-state index is 13.2. The van der Waals surface area contributed by atoms with Crippen LogP contribution in [0.1, 0.15) is 17.0 Å². The third-order valence-electron chi connectivity index (χ3n) is 5.35. The van der Waals surface area contributed by atoms with Crippen LogP contribution in [0.15, 0.2) is 58.6 Å². The van der Waals surface area contributed by atoms with Crippen LogP contribution < -0.4 is 15.0 Å². The molecule has 0 unspecified atom stereocenters. The number of anilines is 1. The number of aromatic nitrogens is 1. The first-order valence-corrected chi connectivity index (χ1v) is 11.1. The van der Waals surface area contributed by atoms with Crippen molar-refractivity contribution in [2.24, 2.45) is 0 Å². The summed E-state index contributed by atoms with van der Waals surface area (Å²) in [6.45, 7) is 3.84. The van der Waals surface area contributed by atoms with Crippen molar-refractivity contribution in [3.8, 4) is 11.4 Å². The van der Waals surface area contributed by atoms with Crippen LogP contribution in [0.2, 0.25) is 5.02 Å². The fourth-order valence-electron chi connectivity index (χ4n) is 3.76. The van der Waals surface area contributed by atoms with Crippen LogP contribution in [-0.2, 0) is 9.59 Å². The van der Waals surface area contributed by atoms with Crippen LogP contribution in [0.5, 0.6) is 5.75 Å². The van der Waals surface area contributed by atoms with E-state index >= 15 is 0 Å². The second kappa shape index (κ2) is 8.88. The minimum absolute atomic E-state index is 0.155. The number of hydrogen-bond donors (Lipinski definition) is 1. The summed E-state index contributed by atoms with van der Waals surface area (Å²) >= 11 is 9.60. The highest BCUT2D eigenvalue weighted by Gasteiger charge is 2.37. The summed E-state index contributed by atoms with van der Waals surface area (Å²) in [5, 5.41) is 2.46. The monoisotopic (exact) mass is 527 g/mol. The number of nitrogens with zero attached hydrogens (tertiary/aromatic N) is 2. The summed E-state index contributed by atoms with van der Waals surface area (Å²) in [6.07, 6.45) is 1.50. The van der Waals surface area contributed by atoms with E-state index in [1.165, 1.54) is 25.3 Å². The Labute approximate surface area is 203 Å². The van der Waals surface area contributed by atoms with Crippen LogP contribution in [0.3, 0.4) is 0 Å². The average molecular weight is 529 g/mol. The molecule has 4 amide bonds. The summed E-state index contributed by atoms with van der Waals surface area (Å²) in [7, 11) is 1.46. The normalized spacial score (nSPS) is 15.2. The van der Waals surface area contributed by atoms with Gasteiger partial charge in [-0.2, -0.15) is 0 Å². The molecule has 3 aromatic rings. The molecule has 2 aromatic carbocycles. The van der Waals surface area contributed by atoms with Crippen LogP contribution in [0.4, 0.5) is 10.5 Å². The number of methoxy groups -OCH3 is 1. The van der Waals surface area contributed by atoms with Crippen LogP contribution in [0.25, 0.3) is 11.8 Å². The summed E-state index contributed by atoms with van der Waals surface area (Å²) < 4.78 is 8.11. The van der Waals surface area contributed by atoms with Gasteiger partial charge in [0.2, 0.25) is 0 Å². The Bertz CT molecular complexity index is 1330. The molecule has 0 atom stereocenters. The quantitative estimate of drug-likeness (QED) is 0.374. The molecule has 33 heavy (non-hydrogen) atoms. The van der Waals surface area contributed by atoms with E-state index in [-0.39, 0.29) is 16.3 Å². The molecular formula is C24H19BrClN3O4. The largest absolute Gasteiger partial charge is 0.495 e. The van der Waals surface area contributed by atoms with Crippen LogP contribution >= 0.6 is 27.5 Å². The number of carbonyl (C=O) groups is 3. The molecule has 1 saturated heterocycles. The molecular weight excluding hydrogens is 510 g/mol. The summed E-state index contributed by atoms with van der Waals surface area (Å²) in [6, 6.07) is 13.4. The molecule has 9 heteroatoms. The van der Waals surface area contributed by atoms with E-state index in [0.717, 1.165) is 26.4 Å². The zero-order valence-electron chi connectivity index (χ0n) is 18.0. The van der Waals surface area contributed by atoms with Gasteiger partial charge in [0.1, 0.15) is 11.3 Å². The Hall–Kier alpha value is -3.36. The molecule has 4 rings (SSSR count). The number of ether oxygens (including phenoxy) is 1. The number of barbiturate groups is 1. The van der Waals surface area contributed by atoms with Gasteiger partial charge in [-0.25, -0.2) is 9.69 Å². The summed E-state index contributed by atoms with van der Waals surface area (Å²) in [5.74, 6) is -1.09. The number of halogens is 2. The van der Waals surface area contributed by atoms with E-state index in [2.05, 4.69) is 21.2 Å². The van der Waals surface area contributed by atoms with Crippen molar-refractivity contribution in [1.29, 1.82) is 0 Å². The average Bonchev–Trinajstić information content (AvgIpc) is 3.04. The molecule has 1 fully saturated rings. The van der Waals surface area contributed by atoms with Crippen molar-refractivity contribution in [3.05, 3.63) is 80.6 Å². The molecule has 0 radical (unpaired) electrons. The molecule has 2 heterocycles. The van der Waals surface area contributed by atoms with Gasteiger partial charge in [0.15, 0.2) is 0 Å². The third-order valence-corrected chi connectivity index (χ3v) is 6.17. The minimum Gasteiger partial charge on any atom is -0.495 e. The van der Waals surface area contributed by atoms with Crippen molar-refractivity contribution in [3.63, 3.8) is 0 Å². The fourth-order valence-corrected chi connectivity index (χ4v) is 4.28. The van der Waals surface area contributed by atoms with Gasteiger partial charge in [0.25, 0.3) is 11.8 Å². The number of benzene rings is 2. The van der Waals surface area contributed by atoms with E-state index in [4.69, 9.17) is 16.3 Å². The third kappa shape index (κ3) is 4.19. The highest BCUT2D eigenvalue weighted by atomic mass is 79.9. The second-order valence-corrected chi connectivity index (χ2v) is 8.74. The first-order valence-electron chi connectivity index (χ1n) is 9.91. The predicted octanol–water partition coefficient (Wildman–Crippen LogP) is 5.19. The van der Waals surface area contributed by atoms with E-state index in [1.54, 1.807) is 6.07 Å². The molecule has 168 valence electrons. The first kappa shape index (κ1) is 22.8. The van der Waals surface area contributed by atoms with Crippen molar-refractivity contribution < 1.29 is 19.1 Å². The van der Waals surface area contributed by atoms with Gasteiger partial charge < -0.3 is 9.30 Å². The van der Waals surface area contributed by atoms with Gasteiger partial charge in [-0.05, 0) is 74.0 Å². The smallest absolute Gasteiger partial charge is 0.335 e. The number of nitrogens with one attached hydrogen (secondary N) is 1. The number of urea groups is 1. The van der Waals surface area contributed by atoms with E-state index in [9.17, 15) is 14.4 Å². The molecule has 0 bridgehead atoms. The lowest BCUT2D eigenvalue weighted by molar-refractivity contribution is -0.122. The molecule has 0 aliphatic carbocycles.